The SMILES string of the molecule is COC1(C)CCN(c2ccc3nccc(C(=O)OC(C)(C)C)c3c2)CC1. The molecule has 0 aliphatic carbocycles. The van der Waals surface area contributed by atoms with E-state index >= 15 is 0 Å². The average Bonchev–Trinajstić information content (AvgIpc) is 2.60. The number of hydrogen-bond acceptors (Lipinski definition) is 5. The summed E-state index contributed by atoms with van der Waals surface area (Å²) in [5, 5.41) is 0.833. The lowest BCUT2D eigenvalue weighted by Gasteiger charge is -2.39. The normalized spacial score (nSPS) is 17.3. The van der Waals surface area contributed by atoms with Gasteiger partial charge in [-0.2, -0.15) is 0 Å². The summed E-state index contributed by atoms with van der Waals surface area (Å²) in [5.41, 5.74) is 1.90. The van der Waals surface area contributed by atoms with Crippen molar-refractivity contribution >= 4 is 22.6 Å². The minimum absolute atomic E-state index is 0.0451. The second-order valence-corrected chi connectivity index (χ2v) is 8.20. The number of fused-ring (bicyclic) bond motifs is 1. The highest BCUT2D eigenvalue weighted by atomic mass is 16.6. The number of pyridine rings is 1. The van der Waals surface area contributed by atoms with Gasteiger partial charge in [-0.25, -0.2) is 4.79 Å². The number of rotatable bonds is 3. The first-order valence-electron chi connectivity index (χ1n) is 9.13. The van der Waals surface area contributed by atoms with E-state index in [1.54, 1.807) is 19.4 Å². The Labute approximate surface area is 155 Å². The van der Waals surface area contributed by atoms with Crippen molar-refractivity contribution in [1.29, 1.82) is 0 Å². The molecule has 0 atom stereocenters. The quantitative estimate of drug-likeness (QED) is 0.772. The maximum absolute atomic E-state index is 12.6. The highest BCUT2D eigenvalue weighted by molar-refractivity contribution is 6.04. The minimum atomic E-state index is -0.526. The number of esters is 1. The molecule has 0 N–H and O–H groups in total. The van der Waals surface area contributed by atoms with Gasteiger partial charge >= 0.3 is 5.97 Å². The van der Waals surface area contributed by atoms with Crippen LogP contribution < -0.4 is 4.90 Å². The Bertz CT molecular complexity index is 802. The smallest absolute Gasteiger partial charge is 0.339 e. The van der Waals surface area contributed by atoms with Crippen molar-refractivity contribution in [2.75, 3.05) is 25.1 Å². The lowest BCUT2D eigenvalue weighted by Crippen LogP contribution is -2.43. The fourth-order valence-electron chi connectivity index (χ4n) is 3.28. The van der Waals surface area contributed by atoms with Crippen LogP contribution in [0.25, 0.3) is 10.9 Å². The number of anilines is 1. The maximum atomic E-state index is 12.6. The van der Waals surface area contributed by atoms with Crippen molar-refractivity contribution in [2.24, 2.45) is 0 Å². The van der Waals surface area contributed by atoms with Crippen LogP contribution in [0.2, 0.25) is 0 Å². The summed E-state index contributed by atoms with van der Waals surface area (Å²) in [6, 6.07) is 7.84. The van der Waals surface area contributed by atoms with E-state index in [0.717, 1.165) is 42.5 Å². The van der Waals surface area contributed by atoms with E-state index in [1.807, 2.05) is 26.8 Å². The molecule has 0 bridgehead atoms. The predicted octanol–water partition coefficient (Wildman–Crippen LogP) is 4.20. The van der Waals surface area contributed by atoms with E-state index in [4.69, 9.17) is 9.47 Å². The summed E-state index contributed by atoms with van der Waals surface area (Å²) in [5.74, 6) is -0.312. The number of hydrogen-bond donors (Lipinski definition) is 0. The zero-order valence-corrected chi connectivity index (χ0v) is 16.3. The van der Waals surface area contributed by atoms with Crippen molar-refractivity contribution in [3.8, 4) is 0 Å². The Morgan fingerprint density at radius 3 is 2.50 bits per heavy atom. The zero-order valence-electron chi connectivity index (χ0n) is 16.3. The topological polar surface area (TPSA) is 51.7 Å². The summed E-state index contributed by atoms with van der Waals surface area (Å²) in [6.45, 7) is 9.64. The molecule has 0 unspecified atom stereocenters. The highest BCUT2D eigenvalue weighted by Crippen LogP contribution is 2.31. The standard InChI is InChI=1S/C21H28N2O3/c1-20(2,3)26-19(24)16-8-11-22-18-7-6-15(14-17(16)18)23-12-9-21(4,25-5)10-13-23/h6-8,11,14H,9-10,12-13H2,1-5H3. The molecular weight excluding hydrogens is 328 g/mol. The first kappa shape index (κ1) is 18.6. The third kappa shape index (κ3) is 3.98. The monoisotopic (exact) mass is 356 g/mol. The second-order valence-electron chi connectivity index (χ2n) is 8.20. The van der Waals surface area contributed by atoms with Crippen molar-refractivity contribution in [3.05, 3.63) is 36.0 Å². The molecule has 0 amide bonds. The first-order valence-corrected chi connectivity index (χ1v) is 9.13. The van der Waals surface area contributed by atoms with Gasteiger partial charge < -0.3 is 14.4 Å². The molecule has 1 aromatic heterocycles. The number of carbonyl (C=O) groups is 1. The molecule has 1 aliphatic rings. The number of aromatic nitrogens is 1. The largest absolute Gasteiger partial charge is 0.456 e. The van der Waals surface area contributed by atoms with Gasteiger partial charge in [-0.05, 0) is 64.8 Å². The zero-order chi connectivity index (χ0) is 18.9. The molecule has 5 heteroatoms. The summed E-state index contributed by atoms with van der Waals surface area (Å²) >= 11 is 0. The summed E-state index contributed by atoms with van der Waals surface area (Å²) < 4.78 is 11.2. The molecule has 1 saturated heterocycles. The molecule has 2 heterocycles. The Morgan fingerprint density at radius 2 is 1.88 bits per heavy atom. The molecule has 1 fully saturated rings. The van der Waals surface area contributed by atoms with Crippen LogP contribution in [0.4, 0.5) is 5.69 Å². The van der Waals surface area contributed by atoms with Crippen molar-refractivity contribution < 1.29 is 14.3 Å². The van der Waals surface area contributed by atoms with E-state index < -0.39 is 5.60 Å². The molecule has 140 valence electrons. The third-order valence-electron chi connectivity index (χ3n) is 5.02. The number of carbonyl (C=O) groups excluding carboxylic acids is 1. The molecule has 1 aliphatic heterocycles. The molecule has 0 spiro atoms. The van der Waals surface area contributed by atoms with Crippen LogP contribution in [0, 0.1) is 0 Å². The number of benzene rings is 1. The lowest BCUT2D eigenvalue weighted by atomic mass is 9.93. The molecule has 0 saturated carbocycles. The highest BCUT2D eigenvalue weighted by Gasteiger charge is 2.30. The number of nitrogens with zero attached hydrogens (tertiary/aromatic N) is 2. The van der Waals surface area contributed by atoms with Gasteiger partial charge in [0.05, 0.1) is 16.7 Å². The average molecular weight is 356 g/mol. The molecular formula is C21H28N2O3. The maximum Gasteiger partial charge on any atom is 0.339 e. The Morgan fingerprint density at radius 1 is 1.19 bits per heavy atom. The van der Waals surface area contributed by atoms with E-state index in [9.17, 15) is 4.79 Å². The molecule has 26 heavy (non-hydrogen) atoms. The molecule has 2 aromatic rings. The van der Waals surface area contributed by atoms with E-state index in [2.05, 4.69) is 28.9 Å². The van der Waals surface area contributed by atoms with E-state index in [1.165, 1.54) is 0 Å². The van der Waals surface area contributed by atoms with Gasteiger partial charge in [-0.15, -0.1) is 0 Å². The van der Waals surface area contributed by atoms with Gasteiger partial charge in [0.15, 0.2) is 0 Å². The van der Waals surface area contributed by atoms with Crippen LogP contribution >= 0.6 is 0 Å². The third-order valence-corrected chi connectivity index (χ3v) is 5.02. The molecule has 5 nitrogen and oxygen atoms in total. The Hall–Kier alpha value is -2.14. The van der Waals surface area contributed by atoms with Gasteiger partial charge in [0.1, 0.15) is 5.60 Å². The fraction of sp³-hybridized carbons (Fsp3) is 0.524. The number of ether oxygens (including phenoxy) is 2. The van der Waals surface area contributed by atoms with Crippen LogP contribution in [0.1, 0.15) is 50.9 Å². The molecule has 1 aromatic carbocycles. The van der Waals surface area contributed by atoms with Crippen LogP contribution in [-0.4, -0.2) is 42.4 Å². The number of methoxy groups -OCH3 is 1. The second kappa shape index (κ2) is 6.88. The lowest BCUT2D eigenvalue weighted by molar-refractivity contribution is -0.0132. The summed E-state index contributed by atoms with van der Waals surface area (Å²) in [4.78, 5) is 19.3. The van der Waals surface area contributed by atoms with Crippen molar-refractivity contribution in [3.63, 3.8) is 0 Å². The molecule has 3 rings (SSSR count). The van der Waals surface area contributed by atoms with Crippen LogP contribution in [0.3, 0.4) is 0 Å². The Balaban J connectivity index is 1.91. The van der Waals surface area contributed by atoms with E-state index in [-0.39, 0.29) is 11.6 Å². The Kier molecular flexibility index (Phi) is 4.93. The minimum Gasteiger partial charge on any atom is -0.456 e. The first-order chi connectivity index (χ1) is 12.2. The van der Waals surface area contributed by atoms with Gasteiger partial charge in [0.25, 0.3) is 0 Å². The van der Waals surface area contributed by atoms with Gasteiger partial charge in [-0.1, -0.05) is 0 Å². The number of piperidine rings is 1. The van der Waals surface area contributed by atoms with E-state index in [0.29, 0.717) is 5.56 Å². The van der Waals surface area contributed by atoms with Crippen molar-refractivity contribution in [1.82, 2.24) is 4.98 Å². The summed E-state index contributed by atoms with van der Waals surface area (Å²) in [7, 11) is 1.78. The van der Waals surface area contributed by atoms with Crippen LogP contribution in [0.5, 0.6) is 0 Å². The predicted molar refractivity (Wildman–Crippen MR) is 104 cm³/mol. The van der Waals surface area contributed by atoms with Gasteiger partial charge in [0, 0.05) is 37.5 Å². The van der Waals surface area contributed by atoms with Crippen LogP contribution in [-0.2, 0) is 9.47 Å². The summed E-state index contributed by atoms with van der Waals surface area (Å²) in [6.07, 6.45) is 3.62. The van der Waals surface area contributed by atoms with Crippen LogP contribution in [0.15, 0.2) is 30.5 Å². The van der Waals surface area contributed by atoms with Gasteiger partial charge in [-0.3, -0.25) is 4.98 Å². The van der Waals surface area contributed by atoms with Crippen molar-refractivity contribution in [2.45, 2.75) is 51.7 Å². The van der Waals surface area contributed by atoms with Gasteiger partial charge in [0.2, 0.25) is 0 Å². The molecule has 0 radical (unpaired) electrons. The fourth-order valence-corrected chi connectivity index (χ4v) is 3.28.